The quantitative estimate of drug-likeness (QED) is 0.839. The zero-order valence-corrected chi connectivity index (χ0v) is 15.0. The fourth-order valence-electron chi connectivity index (χ4n) is 5.10. The lowest BCUT2D eigenvalue weighted by Gasteiger charge is -2.61. The number of rotatable bonds is 3. The monoisotopic (exact) mass is 364 g/mol. The molecule has 1 N–H and O–H groups in total. The molecular weight excluding hydrogens is 338 g/mol. The Morgan fingerprint density at radius 2 is 1.77 bits per heavy atom. The summed E-state index contributed by atoms with van der Waals surface area (Å²) in [5.74, 6) is -1.73. The van der Waals surface area contributed by atoms with Crippen LogP contribution in [-0.4, -0.2) is 51.6 Å². The number of hydrogen-bond acceptors (Lipinski definition) is 3. The van der Waals surface area contributed by atoms with Crippen LogP contribution in [0.15, 0.2) is 18.2 Å². The van der Waals surface area contributed by atoms with Crippen molar-refractivity contribution < 1.29 is 18.7 Å². The molecule has 2 saturated heterocycles. The van der Waals surface area contributed by atoms with Gasteiger partial charge in [0.05, 0.1) is 5.54 Å². The summed E-state index contributed by atoms with van der Waals surface area (Å²) in [6.45, 7) is 2.23. The van der Waals surface area contributed by atoms with Crippen LogP contribution in [0.3, 0.4) is 0 Å². The predicted octanol–water partition coefficient (Wildman–Crippen LogP) is 2.84. The van der Waals surface area contributed by atoms with E-state index in [1.165, 1.54) is 18.6 Å². The van der Waals surface area contributed by atoms with E-state index >= 15 is 0 Å². The van der Waals surface area contributed by atoms with E-state index in [4.69, 9.17) is 0 Å². The van der Waals surface area contributed by atoms with Crippen LogP contribution in [0.2, 0.25) is 0 Å². The van der Waals surface area contributed by atoms with Gasteiger partial charge in [-0.1, -0.05) is 25.3 Å². The molecule has 1 aromatic rings. The highest BCUT2D eigenvalue weighted by atomic mass is 19.2. The molecule has 0 radical (unpaired) electrons. The first-order valence-corrected chi connectivity index (χ1v) is 9.69. The Kier molecular flexibility index (Phi) is 4.73. The summed E-state index contributed by atoms with van der Waals surface area (Å²) < 4.78 is 26.4. The smallest absolute Gasteiger partial charge is 0.254 e. The van der Waals surface area contributed by atoms with E-state index in [2.05, 4.69) is 4.90 Å². The number of amides is 1. The van der Waals surface area contributed by atoms with E-state index in [-0.39, 0.29) is 17.5 Å². The Balaban J connectivity index is 1.37. The number of hydrogen-bond donors (Lipinski definition) is 1. The number of nitrogens with zero attached hydrogens (tertiary/aromatic N) is 2. The molecule has 1 aliphatic carbocycles. The van der Waals surface area contributed by atoms with Gasteiger partial charge >= 0.3 is 0 Å². The maximum atomic E-state index is 13.4. The van der Waals surface area contributed by atoms with Gasteiger partial charge in [-0.3, -0.25) is 9.69 Å². The second kappa shape index (κ2) is 6.89. The highest BCUT2D eigenvalue weighted by Gasteiger charge is 2.61. The molecule has 26 heavy (non-hydrogen) atoms. The van der Waals surface area contributed by atoms with Crippen molar-refractivity contribution in [3.63, 3.8) is 0 Å². The van der Waals surface area contributed by atoms with Gasteiger partial charge in [0, 0.05) is 25.7 Å². The van der Waals surface area contributed by atoms with Crippen molar-refractivity contribution in [1.82, 2.24) is 9.80 Å². The molecule has 2 heterocycles. The molecule has 142 valence electrons. The molecule has 6 heteroatoms. The van der Waals surface area contributed by atoms with Crippen molar-refractivity contribution >= 4 is 5.91 Å². The Morgan fingerprint density at radius 3 is 2.42 bits per heavy atom. The van der Waals surface area contributed by atoms with Crippen LogP contribution in [-0.2, 0) is 11.3 Å². The third kappa shape index (κ3) is 2.93. The van der Waals surface area contributed by atoms with Gasteiger partial charge in [0.25, 0.3) is 5.91 Å². The lowest BCUT2D eigenvalue weighted by molar-refractivity contribution is -0.201. The van der Waals surface area contributed by atoms with Gasteiger partial charge in [-0.2, -0.15) is 0 Å². The van der Waals surface area contributed by atoms with Gasteiger partial charge < -0.3 is 10.0 Å². The molecule has 4 rings (SSSR count). The topological polar surface area (TPSA) is 43.8 Å². The molecular formula is C20H26F2N2O2. The summed E-state index contributed by atoms with van der Waals surface area (Å²) in [5.41, 5.74) is 0.448. The Labute approximate surface area is 152 Å². The maximum absolute atomic E-state index is 13.4. The first kappa shape index (κ1) is 17.9. The van der Waals surface area contributed by atoms with Crippen molar-refractivity contribution in [2.75, 3.05) is 13.1 Å². The maximum Gasteiger partial charge on any atom is 0.254 e. The molecule has 4 nitrogen and oxygen atoms in total. The molecule has 3 aliphatic rings. The first-order valence-electron chi connectivity index (χ1n) is 9.69. The summed E-state index contributed by atoms with van der Waals surface area (Å²) >= 11 is 0. The van der Waals surface area contributed by atoms with E-state index in [0.29, 0.717) is 6.54 Å². The molecule has 0 bridgehead atoms. The minimum absolute atomic E-state index is 0.106. The number of β-lactam (4-membered cyclic amide) rings is 1. The van der Waals surface area contributed by atoms with Gasteiger partial charge in [-0.05, 0) is 43.4 Å². The summed E-state index contributed by atoms with van der Waals surface area (Å²) in [5, 5.41) is 10.3. The molecule has 2 aliphatic heterocycles. The molecule has 3 fully saturated rings. The van der Waals surface area contributed by atoms with Crippen molar-refractivity contribution in [3.8, 4) is 0 Å². The predicted molar refractivity (Wildman–Crippen MR) is 93.3 cm³/mol. The average Bonchev–Trinajstić information content (AvgIpc) is 2.67. The number of piperidine rings is 1. The number of carbonyl (C=O) groups excluding carboxylic acids is 1. The number of aliphatic hydroxyl groups is 1. The zero-order valence-electron chi connectivity index (χ0n) is 15.0. The minimum Gasteiger partial charge on any atom is -0.381 e. The van der Waals surface area contributed by atoms with Crippen molar-refractivity contribution in [2.24, 2.45) is 0 Å². The molecule has 1 unspecified atom stereocenters. The second-order valence-corrected chi connectivity index (χ2v) is 8.03. The van der Waals surface area contributed by atoms with Crippen LogP contribution in [0.1, 0.15) is 50.5 Å². The number of likely N-dealkylation sites (tertiary alicyclic amines) is 2. The Bertz CT molecular complexity index is 682. The highest BCUT2D eigenvalue weighted by molar-refractivity contribution is 5.90. The van der Waals surface area contributed by atoms with E-state index in [1.54, 1.807) is 6.07 Å². The lowest BCUT2D eigenvalue weighted by Crippen LogP contribution is -2.77. The number of halogens is 2. The Morgan fingerprint density at radius 1 is 1.08 bits per heavy atom. The van der Waals surface area contributed by atoms with Crippen LogP contribution in [0.5, 0.6) is 0 Å². The molecule has 1 aromatic carbocycles. The molecule has 0 aromatic heterocycles. The van der Waals surface area contributed by atoms with Crippen LogP contribution in [0.4, 0.5) is 8.78 Å². The molecule has 1 atom stereocenters. The summed E-state index contributed by atoms with van der Waals surface area (Å²) in [4.78, 5) is 16.6. The molecule has 1 saturated carbocycles. The highest BCUT2D eigenvalue weighted by Crippen LogP contribution is 2.46. The third-order valence-electron chi connectivity index (χ3n) is 6.49. The first-order chi connectivity index (χ1) is 12.5. The summed E-state index contributed by atoms with van der Waals surface area (Å²) in [6.07, 6.45) is 6.08. The van der Waals surface area contributed by atoms with Crippen molar-refractivity contribution in [1.29, 1.82) is 0 Å². The third-order valence-corrected chi connectivity index (χ3v) is 6.49. The largest absolute Gasteiger partial charge is 0.381 e. The number of benzene rings is 1. The number of carbonyl (C=O) groups is 1. The fraction of sp³-hybridized carbons (Fsp3) is 0.650. The van der Waals surface area contributed by atoms with E-state index in [9.17, 15) is 18.7 Å². The van der Waals surface area contributed by atoms with E-state index < -0.39 is 17.7 Å². The van der Waals surface area contributed by atoms with Crippen molar-refractivity contribution in [2.45, 2.75) is 69.2 Å². The van der Waals surface area contributed by atoms with Crippen LogP contribution >= 0.6 is 0 Å². The summed E-state index contributed by atoms with van der Waals surface area (Å²) in [7, 11) is 0. The normalized spacial score (nSPS) is 27.0. The van der Waals surface area contributed by atoms with Crippen LogP contribution in [0, 0.1) is 11.6 Å². The minimum atomic E-state index is -0.819. The second-order valence-electron chi connectivity index (χ2n) is 8.03. The fourth-order valence-corrected chi connectivity index (χ4v) is 5.10. The molecule has 1 spiro atoms. The van der Waals surface area contributed by atoms with Crippen molar-refractivity contribution in [3.05, 3.63) is 35.4 Å². The van der Waals surface area contributed by atoms with Gasteiger partial charge in [0.2, 0.25) is 0 Å². The lowest BCUT2D eigenvalue weighted by atomic mass is 9.68. The SMILES string of the molecule is O=C1C(O)C2(CCCCC2)N1C1CCN(Cc2ccc(F)c(F)c2)CC1. The van der Waals surface area contributed by atoms with Crippen LogP contribution in [0.25, 0.3) is 0 Å². The number of aliphatic hydroxyl groups excluding tert-OH is 1. The van der Waals surface area contributed by atoms with Gasteiger partial charge in [0.1, 0.15) is 0 Å². The van der Waals surface area contributed by atoms with E-state index in [1.807, 2.05) is 4.90 Å². The average molecular weight is 364 g/mol. The van der Waals surface area contributed by atoms with Crippen LogP contribution < -0.4 is 0 Å². The van der Waals surface area contributed by atoms with E-state index in [0.717, 1.165) is 57.2 Å². The van der Waals surface area contributed by atoms with Gasteiger partial charge in [-0.15, -0.1) is 0 Å². The molecule has 1 amide bonds. The standard InChI is InChI=1S/C20H26F2N2O2/c21-16-5-4-14(12-17(16)22)13-23-10-6-15(7-11-23)24-19(26)18(25)20(24)8-2-1-3-9-20/h4-5,12,15,18,25H,1-3,6-11,13H2. The van der Waals surface area contributed by atoms with Gasteiger partial charge in [0.15, 0.2) is 17.7 Å². The van der Waals surface area contributed by atoms with Gasteiger partial charge in [-0.25, -0.2) is 8.78 Å². The summed E-state index contributed by atoms with van der Waals surface area (Å²) in [6, 6.07) is 4.24. The Hall–Kier alpha value is -1.53. The zero-order chi connectivity index (χ0) is 18.3.